The number of carbonyl (C=O) groups is 1. The molecule has 4 rings (SSSR count). The average molecular weight is 515 g/mol. The molecule has 1 amide bonds. The van der Waals surface area contributed by atoms with Crippen molar-refractivity contribution in [2.75, 3.05) is 23.3 Å². The smallest absolute Gasteiger partial charge is 0.265 e. The number of hydrogen-bond acceptors (Lipinski definition) is 5. The Balaban J connectivity index is 1.63. The number of nitrogens with one attached hydrogen (secondary N) is 1. The number of sulfonamides is 1. The van der Waals surface area contributed by atoms with Crippen molar-refractivity contribution in [1.29, 1.82) is 0 Å². The van der Waals surface area contributed by atoms with Crippen molar-refractivity contribution >= 4 is 60.3 Å². The van der Waals surface area contributed by atoms with Crippen LogP contribution in [-0.2, 0) is 10.0 Å². The van der Waals surface area contributed by atoms with Gasteiger partial charge in [-0.1, -0.05) is 17.7 Å². The van der Waals surface area contributed by atoms with Crippen LogP contribution in [0.5, 0.6) is 5.75 Å². The van der Waals surface area contributed by atoms with Gasteiger partial charge in [-0.2, -0.15) is 0 Å². The van der Waals surface area contributed by atoms with E-state index in [2.05, 4.69) is 5.32 Å². The van der Waals surface area contributed by atoms with Crippen molar-refractivity contribution in [1.82, 2.24) is 0 Å². The number of benzene rings is 3. The normalized spacial score (nSPS) is 11.4. The summed E-state index contributed by atoms with van der Waals surface area (Å²) < 4.78 is 33.9. The Kier molecular flexibility index (Phi) is 6.84. The van der Waals surface area contributed by atoms with Gasteiger partial charge in [-0.05, 0) is 85.5 Å². The SMILES string of the molecule is CCN(c1ccc2sc(C(=O)Nc3cc(Cl)ccc3C)cc2c1)S(=O)(=O)c1ccc(OC)cc1. The molecule has 0 fully saturated rings. The number of amides is 1. The van der Waals surface area contributed by atoms with Crippen molar-refractivity contribution < 1.29 is 17.9 Å². The first kappa shape index (κ1) is 24.1. The minimum Gasteiger partial charge on any atom is -0.497 e. The molecule has 9 heteroatoms. The van der Waals surface area contributed by atoms with Crippen LogP contribution in [0.1, 0.15) is 22.2 Å². The third kappa shape index (κ3) is 4.75. The van der Waals surface area contributed by atoms with E-state index in [4.69, 9.17) is 16.3 Å². The van der Waals surface area contributed by atoms with Gasteiger partial charge >= 0.3 is 0 Å². The number of rotatable bonds is 7. The zero-order valence-corrected chi connectivity index (χ0v) is 21.2. The van der Waals surface area contributed by atoms with Crippen LogP contribution in [0.4, 0.5) is 11.4 Å². The maximum atomic E-state index is 13.3. The first-order valence-electron chi connectivity index (χ1n) is 10.5. The van der Waals surface area contributed by atoms with Crippen molar-refractivity contribution in [2.45, 2.75) is 18.7 Å². The number of carbonyl (C=O) groups excluding carboxylic acids is 1. The highest BCUT2D eigenvalue weighted by atomic mass is 35.5. The molecule has 0 aliphatic heterocycles. The molecule has 0 unspecified atom stereocenters. The van der Waals surface area contributed by atoms with Gasteiger partial charge in [-0.15, -0.1) is 11.3 Å². The maximum Gasteiger partial charge on any atom is 0.265 e. The molecule has 0 bridgehead atoms. The number of anilines is 2. The number of thiophene rings is 1. The number of halogens is 1. The minimum absolute atomic E-state index is 0.178. The molecule has 1 aromatic heterocycles. The number of methoxy groups -OCH3 is 1. The van der Waals surface area contributed by atoms with Gasteiger partial charge in [0, 0.05) is 22.0 Å². The van der Waals surface area contributed by atoms with E-state index < -0.39 is 10.0 Å². The van der Waals surface area contributed by atoms with Crippen LogP contribution in [0.15, 0.2) is 71.6 Å². The highest BCUT2D eigenvalue weighted by molar-refractivity contribution is 7.92. The molecule has 1 heterocycles. The van der Waals surface area contributed by atoms with E-state index >= 15 is 0 Å². The van der Waals surface area contributed by atoms with Crippen LogP contribution in [-0.4, -0.2) is 28.0 Å². The Morgan fingerprint density at radius 1 is 1.06 bits per heavy atom. The number of ether oxygens (including phenoxy) is 1. The van der Waals surface area contributed by atoms with Crippen LogP contribution < -0.4 is 14.4 Å². The number of aryl methyl sites for hydroxylation is 1. The number of nitrogens with zero attached hydrogens (tertiary/aromatic N) is 1. The predicted molar refractivity (Wildman–Crippen MR) is 139 cm³/mol. The fraction of sp³-hybridized carbons (Fsp3) is 0.160. The van der Waals surface area contributed by atoms with Gasteiger partial charge < -0.3 is 10.1 Å². The lowest BCUT2D eigenvalue weighted by atomic mass is 10.2. The molecule has 0 aliphatic rings. The van der Waals surface area contributed by atoms with Crippen LogP contribution in [0, 0.1) is 6.92 Å². The lowest BCUT2D eigenvalue weighted by Crippen LogP contribution is -2.30. The van der Waals surface area contributed by atoms with Crippen LogP contribution in [0.2, 0.25) is 5.02 Å². The molecule has 0 saturated carbocycles. The topological polar surface area (TPSA) is 75.7 Å². The summed E-state index contributed by atoms with van der Waals surface area (Å²) in [4.78, 5) is 13.6. The standard InChI is InChI=1S/C25H23ClN2O4S2/c1-4-28(34(30,31)21-10-8-20(32-3)9-11-21)19-7-12-23-17(13-19)14-24(33-23)25(29)27-22-15-18(26)6-5-16(22)2/h5-15H,4H2,1-3H3,(H,27,29). The van der Waals surface area contributed by atoms with Gasteiger partial charge in [0.1, 0.15) is 5.75 Å². The largest absolute Gasteiger partial charge is 0.497 e. The minimum atomic E-state index is -3.77. The van der Waals surface area contributed by atoms with E-state index in [1.54, 1.807) is 49.4 Å². The summed E-state index contributed by atoms with van der Waals surface area (Å²) in [5.74, 6) is 0.340. The molecular formula is C25H23ClN2O4S2. The average Bonchev–Trinajstić information content (AvgIpc) is 3.25. The summed E-state index contributed by atoms with van der Waals surface area (Å²) in [6, 6.07) is 18.8. The lowest BCUT2D eigenvalue weighted by Gasteiger charge is -2.23. The monoisotopic (exact) mass is 514 g/mol. The Morgan fingerprint density at radius 2 is 1.79 bits per heavy atom. The Hall–Kier alpha value is -3.07. The van der Waals surface area contributed by atoms with Crippen LogP contribution in [0.25, 0.3) is 10.1 Å². The van der Waals surface area contributed by atoms with Crippen molar-refractivity contribution in [3.8, 4) is 5.75 Å². The van der Waals surface area contributed by atoms with Crippen molar-refractivity contribution in [3.63, 3.8) is 0 Å². The summed E-state index contributed by atoms with van der Waals surface area (Å²) in [6.07, 6.45) is 0. The second-order valence-corrected chi connectivity index (χ2v) is 11.0. The van der Waals surface area contributed by atoms with Crippen molar-refractivity contribution in [3.05, 3.63) is 82.2 Å². The summed E-state index contributed by atoms with van der Waals surface area (Å²) in [5.41, 5.74) is 2.09. The molecule has 34 heavy (non-hydrogen) atoms. The molecule has 176 valence electrons. The van der Waals surface area contributed by atoms with Gasteiger partial charge in [0.15, 0.2) is 0 Å². The Bertz CT molecular complexity index is 1460. The van der Waals surface area contributed by atoms with E-state index in [1.165, 1.54) is 34.9 Å². The zero-order valence-electron chi connectivity index (χ0n) is 18.8. The first-order chi connectivity index (χ1) is 16.2. The molecule has 0 aliphatic carbocycles. The van der Waals surface area contributed by atoms with Gasteiger partial charge in [-0.25, -0.2) is 8.42 Å². The first-order valence-corrected chi connectivity index (χ1v) is 13.1. The number of fused-ring (bicyclic) bond motifs is 1. The third-order valence-corrected chi connectivity index (χ3v) is 8.66. The highest BCUT2D eigenvalue weighted by Crippen LogP contribution is 2.33. The number of hydrogen-bond donors (Lipinski definition) is 1. The molecule has 3 aromatic carbocycles. The van der Waals surface area contributed by atoms with Gasteiger partial charge in [0.05, 0.1) is 22.6 Å². The highest BCUT2D eigenvalue weighted by Gasteiger charge is 2.24. The summed E-state index contributed by atoms with van der Waals surface area (Å²) >= 11 is 7.40. The van der Waals surface area contributed by atoms with Crippen molar-refractivity contribution in [2.24, 2.45) is 0 Å². The zero-order chi connectivity index (χ0) is 24.5. The molecular weight excluding hydrogens is 492 g/mol. The van der Waals surface area contributed by atoms with Gasteiger partial charge in [0.2, 0.25) is 0 Å². The second kappa shape index (κ2) is 9.66. The molecule has 0 atom stereocenters. The third-order valence-electron chi connectivity index (χ3n) is 5.39. The molecule has 6 nitrogen and oxygen atoms in total. The summed E-state index contributed by atoms with van der Waals surface area (Å²) in [5, 5.41) is 4.23. The van der Waals surface area contributed by atoms with E-state index in [1.807, 2.05) is 19.1 Å². The lowest BCUT2D eigenvalue weighted by molar-refractivity contribution is 0.103. The summed E-state index contributed by atoms with van der Waals surface area (Å²) in [7, 11) is -2.24. The summed E-state index contributed by atoms with van der Waals surface area (Å²) in [6.45, 7) is 3.93. The fourth-order valence-corrected chi connectivity index (χ4v) is 6.15. The quantitative estimate of drug-likeness (QED) is 0.312. The van der Waals surface area contributed by atoms with Crippen LogP contribution >= 0.6 is 22.9 Å². The Morgan fingerprint density at radius 3 is 2.47 bits per heavy atom. The Labute approximate surface area is 207 Å². The maximum absolute atomic E-state index is 13.3. The van der Waals surface area contributed by atoms with E-state index in [-0.39, 0.29) is 17.3 Å². The molecule has 1 N–H and O–H groups in total. The fourth-order valence-electron chi connectivity index (χ4n) is 3.58. The molecule has 4 aromatic rings. The van der Waals surface area contributed by atoms with Crippen LogP contribution in [0.3, 0.4) is 0 Å². The molecule has 0 spiro atoms. The predicted octanol–water partition coefficient (Wildman–Crippen LogP) is 6.34. The second-order valence-electron chi connectivity index (χ2n) is 7.59. The molecule has 0 radical (unpaired) electrons. The van der Waals surface area contributed by atoms with Gasteiger partial charge in [0.25, 0.3) is 15.9 Å². The van der Waals surface area contributed by atoms with E-state index in [0.717, 1.165) is 15.6 Å². The van der Waals surface area contributed by atoms with Gasteiger partial charge in [-0.3, -0.25) is 9.10 Å². The van der Waals surface area contributed by atoms with E-state index in [0.29, 0.717) is 27.0 Å². The van der Waals surface area contributed by atoms with E-state index in [9.17, 15) is 13.2 Å². The molecule has 0 saturated heterocycles.